The number of hydrogen-bond donors (Lipinski definition) is 1. The van der Waals surface area contributed by atoms with E-state index in [1.807, 2.05) is 4.90 Å². The molecule has 2 aliphatic heterocycles. The van der Waals surface area contributed by atoms with Gasteiger partial charge in [0.05, 0.1) is 24.9 Å². The Morgan fingerprint density at radius 2 is 2.00 bits per heavy atom. The van der Waals surface area contributed by atoms with Crippen molar-refractivity contribution in [3.63, 3.8) is 0 Å². The lowest BCUT2D eigenvalue weighted by molar-refractivity contribution is 0.0221. The van der Waals surface area contributed by atoms with Gasteiger partial charge in [-0.1, -0.05) is 0 Å². The van der Waals surface area contributed by atoms with Crippen LogP contribution in [0.1, 0.15) is 17.3 Å². The van der Waals surface area contributed by atoms with Crippen LogP contribution in [0.4, 0.5) is 4.39 Å². The average Bonchev–Trinajstić information content (AvgIpc) is 3.09. The zero-order valence-corrected chi connectivity index (χ0v) is 12.9. The first-order valence-corrected chi connectivity index (χ1v) is 7.79. The van der Waals surface area contributed by atoms with Crippen LogP contribution in [0.2, 0.25) is 0 Å². The summed E-state index contributed by atoms with van der Waals surface area (Å²) >= 11 is 0. The molecule has 6 nitrogen and oxygen atoms in total. The first-order valence-electron chi connectivity index (χ1n) is 7.79. The highest BCUT2D eigenvalue weighted by Crippen LogP contribution is 2.46. The van der Waals surface area contributed by atoms with Crippen LogP contribution in [0.3, 0.4) is 0 Å². The lowest BCUT2D eigenvalue weighted by Gasteiger charge is -2.34. The lowest BCUT2D eigenvalue weighted by Crippen LogP contribution is -2.40. The number of hydrogen-bond acceptors (Lipinski definition) is 6. The molecule has 1 aromatic carbocycles. The van der Waals surface area contributed by atoms with Gasteiger partial charge in [-0.2, -0.15) is 0 Å². The predicted octanol–water partition coefficient (Wildman–Crippen LogP) is 2.08. The molecular formula is C17H17FN2O4. The molecule has 0 bridgehead atoms. The number of rotatable bonds is 3. The molecule has 3 heterocycles. The van der Waals surface area contributed by atoms with Gasteiger partial charge in [-0.3, -0.25) is 9.88 Å². The molecule has 1 N–H and O–H groups in total. The zero-order chi connectivity index (χ0) is 16.5. The van der Waals surface area contributed by atoms with E-state index in [0.29, 0.717) is 43.4 Å². The van der Waals surface area contributed by atoms with Crippen molar-refractivity contribution in [3.8, 4) is 17.2 Å². The van der Waals surface area contributed by atoms with Gasteiger partial charge < -0.3 is 19.3 Å². The van der Waals surface area contributed by atoms with Crippen LogP contribution in [0.15, 0.2) is 30.5 Å². The SMILES string of the molecule is Oc1c(C(c2ncccc2F)N2CCOCC2)ccc2c1OCO2. The molecule has 1 fully saturated rings. The fourth-order valence-electron chi connectivity index (χ4n) is 3.15. The number of halogens is 1. The molecule has 1 unspecified atom stereocenters. The molecule has 0 spiro atoms. The van der Waals surface area contributed by atoms with Gasteiger partial charge in [0.25, 0.3) is 0 Å². The van der Waals surface area contributed by atoms with Gasteiger partial charge in [-0.15, -0.1) is 0 Å². The van der Waals surface area contributed by atoms with E-state index in [4.69, 9.17) is 14.2 Å². The first-order chi connectivity index (χ1) is 11.8. The molecule has 4 rings (SSSR count). The van der Waals surface area contributed by atoms with Gasteiger partial charge in [-0.05, 0) is 24.3 Å². The first kappa shape index (κ1) is 15.2. The quantitative estimate of drug-likeness (QED) is 0.928. The van der Waals surface area contributed by atoms with Crippen molar-refractivity contribution in [3.05, 3.63) is 47.5 Å². The standard InChI is InChI=1S/C17H17FN2O4/c18-12-2-1-5-19-14(12)15(20-6-8-22-9-7-20)11-3-4-13-17(16(11)21)24-10-23-13/h1-5,15,21H,6-10H2. The lowest BCUT2D eigenvalue weighted by atomic mass is 9.98. The Morgan fingerprint density at radius 3 is 2.79 bits per heavy atom. The van der Waals surface area contributed by atoms with Crippen molar-refractivity contribution in [2.75, 3.05) is 33.1 Å². The highest BCUT2D eigenvalue weighted by molar-refractivity contribution is 5.58. The van der Waals surface area contributed by atoms with E-state index in [-0.39, 0.29) is 18.2 Å². The van der Waals surface area contributed by atoms with Crippen LogP contribution in [0, 0.1) is 5.82 Å². The largest absolute Gasteiger partial charge is 0.504 e. The molecule has 2 aliphatic rings. The Labute approximate surface area is 138 Å². The molecule has 126 valence electrons. The summed E-state index contributed by atoms with van der Waals surface area (Å²) in [6.07, 6.45) is 1.55. The summed E-state index contributed by atoms with van der Waals surface area (Å²) in [6.45, 7) is 2.40. The summed E-state index contributed by atoms with van der Waals surface area (Å²) in [5.74, 6) is 0.332. The van der Waals surface area contributed by atoms with Gasteiger partial charge in [-0.25, -0.2) is 4.39 Å². The minimum absolute atomic E-state index is 0.0356. The van der Waals surface area contributed by atoms with Crippen molar-refractivity contribution < 1.29 is 23.7 Å². The highest BCUT2D eigenvalue weighted by Gasteiger charge is 2.32. The van der Waals surface area contributed by atoms with Crippen molar-refractivity contribution in [1.29, 1.82) is 0 Å². The Morgan fingerprint density at radius 1 is 1.17 bits per heavy atom. The number of phenols is 1. The molecule has 7 heteroatoms. The summed E-state index contributed by atoms with van der Waals surface area (Å²) < 4.78 is 30.4. The smallest absolute Gasteiger partial charge is 0.231 e. The maximum atomic E-state index is 14.4. The van der Waals surface area contributed by atoms with Gasteiger partial charge in [0, 0.05) is 24.8 Å². The van der Waals surface area contributed by atoms with Crippen LogP contribution in [-0.2, 0) is 4.74 Å². The maximum absolute atomic E-state index is 14.4. The summed E-state index contributed by atoms with van der Waals surface area (Å²) in [7, 11) is 0. The third-order valence-corrected chi connectivity index (χ3v) is 4.30. The third kappa shape index (κ3) is 2.55. The highest BCUT2D eigenvalue weighted by atomic mass is 19.1. The predicted molar refractivity (Wildman–Crippen MR) is 82.7 cm³/mol. The number of benzene rings is 1. The second kappa shape index (κ2) is 6.26. The average molecular weight is 332 g/mol. The number of pyridine rings is 1. The Kier molecular flexibility index (Phi) is 3.95. The fraction of sp³-hybridized carbons (Fsp3) is 0.353. The van der Waals surface area contributed by atoms with E-state index in [9.17, 15) is 9.50 Å². The van der Waals surface area contributed by atoms with Crippen LogP contribution < -0.4 is 9.47 Å². The zero-order valence-electron chi connectivity index (χ0n) is 12.9. The molecule has 0 aliphatic carbocycles. The Bertz CT molecular complexity index is 749. The summed E-state index contributed by atoms with van der Waals surface area (Å²) in [5, 5.41) is 10.6. The summed E-state index contributed by atoms with van der Waals surface area (Å²) in [4.78, 5) is 6.27. The summed E-state index contributed by atoms with van der Waals surface area (Å²) in [6, 6.07) is 5.86. The molecule has 0 radical (unpaired) electrons. The maximum Gasteiger partial charge on any atom is 0.231 e. The molecule has 24 heavy (non-hydrogen) atoms. The molecule has 2 aromatic rings. The third-order valence-electron chi connectivity index (χ3n) is 4.30. The van der Waals surface area contributed by atoms with Crippen LogP contribution in [0.5, 0.6) is 17.2 Å². The van der Waals surface area contributed by atoms with Gasteiger partial charge in [0.15, 0.2) is 11.5 Å². The molecular weight excluding hydrogens is 315 g/mol. The molecule has 0 saturated carbocycles. The second-order valence-corrected chi connectivity index (χ2v) is 5.66. The van der Waals surface area contributed by atoms with Gasteiger partial charge in [0.2, 0.25) is 12.5 Å². The van der Waals surface area contributed by atoms with E-state index < -0.39 is 11.9 Å². The van der Waals surface area contributed by atoms with Crippen molar-refractivity contribution in [1.82, 2.24) is 9.88 Å². The number of ether oxygens (including phenoxy) is 3. The van der Waals surface area contributed by atoms with Crippen LogP contribution in [-0.4, -0.2) is 48.1 Å². The number of nitrogens with zero attached hydrogens (tertiary/aromatic N) is 2. The number of phenolic OH excluding ortho intramolecular Hbond substituents is 1. The van der Waals surface area contributed by atoms with Gasteiger partial charge >= 0.3 is 0 Å². The van der Waals surface area contributed by atoms with E-state index in [2.05, 4.69) is 4.98 Å². The van der Waals surface area contributed by atoms with Crippen LogP contribution in [0.25, 0.3) is 0 Å². The van der Waals surface area contributed by atoms with Gasteiger partial charge in [0.1, 0.15) is 5.82 Å². The van der Waals surface area contributed by atoms with Crippen molar-refractivity contribution in [2.24, 2.45) is 0 Å². The van der Waals surface area contributed by atoms with Crippen molar-refractivity contribution in [2.45, 2.75) is 6.04 Å². The minimum Gasteiger partial charge on any atom is -0.504 e. The van der Waals surface area contributed by atoms with E-state index >= 15 is 0 Å². The topological polar surface area (TPSA) is 64.1 Å². The minimum atomic E-state index is -0.524. The number of fused-ring (bicyclic) bond motifs is 1. The Hall–Kier alpha value is -2.38. The molecule has 1 saturated heterocycles. The fourth-order valence-corrected chi connectivity index (χ4v) is 3.15. The van der Waals surface area contributed by atoms with E-state index in [1.54, 1.807) is 24.4 Å². The molecule has 1 aromatic heterocycles. The van der Waals surface area contributed by atoms with Crippen LogP contribution >= 0.6 is 0 Å². The van der Waals surface area contributed by atoms with Crippen molar-refractivity contribution >= 4 is 0 Å². The summed E-state index contributed by atoms with van der Waals surface area (Å²) in [5.41, 5.74) is 0.812. The monoisotopic (exact) mass is 332 g/mol. The number of aromatic hydroxyl groups is 1. The number of aromatic nitrogens is 1. The number of morpholine rings is 1. The molecule has 0 amide bonds. The molecule has 1 atom stereocenters. The Balaban J connectivity index is 1.83. The van der Waals surface area contributed by atoms with E-state index in [1.165, 1.54) is 6.07 Å². The van der Waals surface area contributed by atoms with E-state index in [0.717, 1.165) is 0 Å². The normalized spacial score (nSPS) is 18.5. The second-order valence-electron chi connectivity index (χ2n) is 5.66.